The average Bonchev–Trinajstić information content (AvgIpc) is 2.96. The number of hydrogen-bond acceptors (Lipinski definition) is 4. The number of hydrogen-bond donors (Lipinski definition) is 0. The number of carbonyl (C=O) groups excluding carboxylic acids is 2. The van der Waals surface area contributed by atoms with E-state index in [0.29, 0.717) is 28.8 Å². The number of imide groups is 1. The molecule has 0 saturated heterocycles. The van der Waals surface area contributed by atoms with Crippen LogP contribution in [-0.4, -0.2) is 30.4 Å². The molecule has 2 amide bonds. The molecule has 0 saturated carbocycles. The molecule has 184 valence electrons. The monoisotopic (exact) mass is 489 g/mol. The summed E-state index contributed by atoms with van der Waals surface area (Å²) in [6.07, 6.45) is 5.75. The summed E-state index contributed by atoms with van der Waals surface area (Å²) >= 11 is 0. The van der Waals surface area contributed by atoms with Crippen LogP contribution < -0.4 is 9.47 Å². The maximum Gasteiger partial charge on any atom is 0.261 e. The Hall–Kier alpha value is -4.38. The van der Waals surface area contributed by atoms with Crippen LogP contribution in [0.2, 0.25) is 0 Å². The SMILES string of the molecule is CCCCN1C(=O)c2cccc3c4c(cc(c23)C1=O)C=CC(c1ccccc1)(c1ccc(OC)cc1)O4. The van der Waals surface area contributed by atoms with Gasteiger partial charge in [-0.05, 0) is 36.8 Å². The summed E-state index contributed by atoms with van der Waals surface area (Å²) in [4.78, 5) is 28.2. The van der Waals surface area contributed by atoms with E-state index in [-0.39, 0.29) is 11.8 Å². The number of benzene rings is 4. The van der Waals surface area contributed by atoms with Crippen LogP contribution >= 0.6 is 0 Å². The second-order valence-corrected chi connectivity index (χ2v) is 9.45. The number of unbranched alkanes of at least 4 members (excludes halogenated alkanes) is 1. The molecule has 4 aromatic carbocycles. The Morgan fingerprint density at radius 2 is 1.59 bits per heavy atom. The highest BCUT2D eigenvalue weighted by Gasteiger charge is 2.40. The minimum Gasteiger partial charge on any atom is -0.497 e. The lowest BCUT2D eigenvalue weighted by Gasteiger charge is -2.37. The van der Waals surface area contributed by atoms with Gasteiger partial charge in [-0.3, -0.25) is 14.5 Å². The molecule has 0 radical (unpaired) electrons. The molecule has 5 nitrogen and oxygen atoms in total. The third kappa shape index (κ3) is 3.53. The van der Waals surface area contributed by atoms with Gasteiger partial charge in [0.15, 0.2) is 5.60 Å². The lowest BCUT2D eigenvalue weighted by atomic mass is 9.82. The summed E-state index contributed by atoms with van der Waals surface area (Å²) in [5.74, 6) is 0.935. The van der Waals surface area contributed by atoms with E-state index in [1.54, 1.807) is 13.2 Å². The van der Waals surface area contributed by atoms with Crippen molar-refractivity contribution in [3.63, 3.8) is 0 Å². The van der Waals surface area contributed by atoms with Gasteiger partial charge in [0.25, 0.3) is 11.8 Å². The lowest BCUT2D eigenvalue weighted by molar-refractivity contribution is 0.0608. The number of nitrogens with zero attached hydrogens (tertiary/aromatic N) is 1. The molecule has 2 aliphatic rings. The second-order valence-electron chi connectivity index (χ2n) is 9.45. The van der Waals surface area contributed by atoms with Gasteiger partial charge in [-0.25, -0.2) is 0 Å². The molecule has 0 bridgehead atoms. The Bertz CT molecular complexity index is 1560. The van der Waals surface area contributed by atoms with Crippen molar-refractivity contribution in [3.05, 3.63) is 113 Å². The molecular formula is C32H27NO4. The van der Waals surface area contributed by atoms with Crippen LogP contribution in [0.25, 0.3) is 16.8 Å². The van der Waals surface area contributed by atoms with Crippen LogP contribution in [0.5, 0.6) is 11.5 Å². The fraction of sp³-hybridized carbons (Fsp3) is 0.188. The van der Waals surface area contributed by atoms with E-state index in [4.69, 9.17) is 9.47 Å². The van der Waals surface area contributed by atoms with Crippen molar-refractivity contribution in [2.24, 2.45) is 0 Å². The predicted octanol–water partition coefficient (Wildman–Crippen LogP) is 6.59. The Morgan fingerprint density at radius 1 is 0.865 bits per heavy atom. The number of rotatable bonds is 6. The molecule has 1 unspecified atom stereocenters. The van der Waals surface area contributed by atoms with Crippen molar-refractivity contribution in [1.82, 2.24) is 4.90 Å². The predicted molar refractivity (Wildman–Crippen MR) is 144 cm³/mol. The number of methoxy groups -OCH3 is 1. The van der Waals surface area contributed by atoms with Crippen LogP contribution in [-0.2, 0) is 5.60 Å². The quantitative estimate of drug-likeness (QED) is 0.287. The molecular weight excluding hydrogens is 462 g/mol. The van der Waals surface area contributed by atoms with Gasteiger partial charge in [-0.2, -0.15) is 0 Å². The molecule has 6 rings (SSSR count). The van der Waals surface area contributed by atoms with Crippen LogP contribution in [0.15, 0.2) is 84.9 Å². The van der Waals surface area contributed by atoms with E-state index in [0.717, 1.165) is 40.7 Å². The zero-order chi connectivity index (χ0) is 25.6. The van der Waals surface area contributed by atoms with Crippen molar-refractivity contribution >= 4 is 28.7 Å². The van der Waals surface area contributed by atoms with Crippen LogP contribution in [0, 0.1) is 0 Å². The second kappa shape index (κ2) is 8.93. The molecule has 0 aromatic heterocycles. The summed E-state index contributed by atoms with van der Waals surface area (Å²) < 4.78 is 12.3. The van der Waals surface area contributed by atoms with Gasteiger partial charge in [0, 0.05) is 45.1 Å². The molecule has 0 N–H and O–H groups in total. The van der Waals surface area contributed by atoms with Gasteiger partial charge < -0.3 is 9.47 Å². The lowest BCUT2D eigenvalue weighted by Crippen LogP contribution is -2.41. The first kappa shape index (κ1) is 23.0. The van der Waals surface area contributed by atoms with Crippen LogP contribution in [0.4, 0.5) is 0 Å². The van der Waals surface area contributed by atoms with Gasteiger partial charge in [0.05, 0.1) is 7.11 Å². The Balaban J connectivity index is 1.56. The van der Waals surface area contributed by atoms with E-state index >= 15 is 0 Å². The highest BCUT2D eigenvalue weighted by Crippen LogP contribution is 2.47. The molecule has 0 spiro atoms. The van der Waals surface area contributed by atoms with Crippen molar-refractivity contribution in [2.45, 2.75) is 25.4 Å². The smallest absolute Gasteiger partial charge is 0.261 e. The van der Waals surface area contributed by atoms with Crippen molar-refractivity contribution in [3.8, 4) is 11.5 Å². The molecule has 0 aliphatic carbocycles. The molecule has 2 heterocycles. The maximum absolute atomic E-state index is 13.5. The third-order valence-electron chi connectivity index (χ3n) is 7.31. The summed E-state index contributed by atoms with van der Waals surface area (Å²) in [6.45, 7) is 2.47. The van der Waals surface area contributed by atoms with Gasteiger partial charge in [-0.15, -0.1) is 0 Å². The normalized spacial score (nSPS) is 18.1. The molecule has 4 aromatic rings. The molecule has 2 aliphatic heterocycles. The van der Waals surface area contributed by atoms with Crippen molar-refractivity contribution in [2.75, 3.05) is 13.7 Å². The first-order valence-corrected chi connectivity index (χ1v) is 12.6. The van der Waals surface area contributed by atoms with E-state index in [1.807, 2.05) is 91.9 Å². The van der Waals surface area contributed by atoms with E-state index < -0.39 is 5.60 Å². The largest absolute Gasteiger partial charge is 0.497 e. The highest BCUT2D eigenvalue weighted by atomic mass is 16.5. The van der Waals surface area contributed by atoms with E-state index in [1.165, 1.54) is 4.90 Å². The molecule has 0 fully saturated rings. The fourth-order valence-electron chi connectivity index (χ4n) is 5.37. The molecule has 1 atom stereocenters. The number of ether oxygens (including phenoxy) is 2. The standard InChI is InChI=1S/C32H27NO4/c1-3-4-19-33-30(34)26-12-8-11-25-28(26)27(31(33)35)20-21-17-18-32(37-29(21)25,22-9-6-5-7-10-22)23-13-15-24(36-2)16-14-23/h5-18,20H,3-4,19H2,1-2H3. The third-order valence-corrected chi connectivity index (χ3v) is 7.31. The Morgan fingerprint density at radius 3 is 2.32 bits per heavy atom. The Kier molecular flexibility index (Phi) is 5.56. The highest BCUT2D eigenvalue weighted by molar-refractivity contribution is 6.26. The minimum atomic E-state index is -0.893. The molecule has 37 heavy (non-hydrogen) atoms. The van der Waals surface area contributed by atoms with Crippen LogP contribution in [0.3, 0.4) is 0 Å². The zero-order valence-electron chi connectivity index (χ0n) is 20.9. The van der Waals surface area contributed by atoms with E-state index in [2.05, 4.69) is 0 Å². The topological polar surface area (TPSA) is 55.8 Å². The van der Waals surface area contributed by atoms with Gasteiger partial charge >= 0.3 is 0 Å². The Labute approximate surface area is 215 Å². The van der Waals surface area contributed by atoms with E-state index in [9.17, 15) is 9.59 Å². The summed E-state index contributed by atoms with van der Waals surface area (Å²) in [5.41, 5.74) is 2.93. The number of carbonyl (C=O) groups is 2. The molecule has 5 heteroatoms. The van der Waals surface area contributed by atoms with Gasteiger partial charge in [-0.1, -0.05) is 74.0 Å². The number of fused-ring (bicyclic) bond motifs is 2. The summed E-state index contributed by atoms with van der Waals surface area (Å²) in [5, 5.41) is 1.43. The zero-order valence-corrected chi connectivity index (χ0v) is 20.9. The summed E-state index contributed by atoms with van der Waals surface area (Å²) in [7, 11) is 1.65. The number of amides is 2. The fourth-order valence-corrected chi connectivity index (χ4v) is 5.37. The van der Waals surface area contributed by atoms with Crippen molar-refractivity contribution < 1.29 is 19.1 Å². The van der Waals surface area contributed by atoms with Gasteiger partial charge in [0.1, 0.15) is 11.5 Å². The first-order chi connectivity index (χ1) is 18.1. The summed E-state index contributed by atoms with van der Waals surface area (Å²) in [6, 6.07) is 25.4. The minimum absolute atomic E-state index is 0.242. The van der Waals surface area contributed by atoms with Crippen LogP contribution in [0.1, 0.15) is 57.2 Å². The van der Waals surface area contributed by atoms with Crippen molar-refractivity contribution in [1.29, 1.82) is 0 Å². The first-order valence-electron chi connectivity index (χ1n) is 12.6. The van der Waals surface area contributed by atoms with Gasteiger partial charge in [0.2, 0.25) is 0 Å². The average molecular weight is 490 g/mol. The maximum atomic E-state index is 13.5.